The van der Waals surface area contributed by atoms with Gasteiger partial charge in [0.1, 0.15) is 0 Å². The van der Waals surface area contributed by atoms with Crippen LogP contribution in [0.2, 0.25) is 0 Å². The van der Waals surface area contributed by atoms with Gasteiger partial charge in [-0.25, -0.2) is 0 Å². The highest BCUT2D eigenvalue weighted by atomic mass is 16.4. The maximum atomic E-state index is 10.3. The maximum Gasteiger partial charge on any atom is 0.303 e. The number of carbonyl (C=O) groups is 2. The highest BCUT2D eigenvalue weighted by molar-refractivity contribution is 5.66. The molecule has 0 aliphatic carbocycles. The minimum absolute atomic E-state index is 0.0194. The molecule has 0 saturated carbocycles. The Kier molecular flexibility index (Phi) is 5.11. The van der Waals surface area contributed by atoms with Gasteiger partial charge in [0.15, 0.2) is 0 Å². The number of aliphatic carboxylic acids is 1. The molecule has 0 heterocycles. The fraction of sp³-hybridized carbons (Fsp3) is 0.778. The van der Waals surface area contributed by atoms with E-state index in [4.69, 9.17) is 5.11 Å². The van der Waals surface area contributed by atoms with Crippen LogP contribution in [0.5, 0.6) is 0 Å². The molecule has 76 valence electrons. The Balaban J connectivity index is 3.65. The second kappa shape index (κ2) is 5.56. The summed E-state index contributed by atoms with van der Waals surface area (Å²) in [5, 5.41) is 11.0. The smallest absolute Gasteiger partial charge is 0.303 e. The molecule has 4 heteroatoms. The molecule has 0 aromatic rings. The second-order valence-electron chi connectivity index (χ2n) is 3.88. The molecule has 0 fully saturated rings. The highest BCUT2D eigenvalue weighted by Crippen LogP contribution is 2.25. The van der Waals surface area contributed by atoms with E-state index in [0.29, 0.717) is 19.4 Å². The molecule has 13 heavy (non-hydrogen) atoms. The highest BCUT2D eigenvalue weighted by Gasteiger charge is 2.18. The van der Waals surface area contributed by atoms with Crippen molar-refractivity contribution in [1.82, 2.24) is 5.32 Å². The summed E-state index contributed by atoms with van der Waals surface area (Å²) < 4.78 is 0. The Labute approximate surface area is 78.3 Å². The monoisotopic (exact) mass is 187 g/mol. The van der Waals surface area contributed by atoms with Crippen molar-refractivity contribution in [3.05, 3.63) is 0 Å². The predicted molar refractivity (Wildman–Crippen MR) is 49.3 cm³/mol. The van der Waals surface area contributed by atoms with E-state index in [1.54, 1.807) is 0 Å². The summed E-state index contributed by atoms with van der Waals surface area (Å²) in [6.45, 7) is 4.61. The molecule has 0 radical (unpaired) electrons. The van der Waals surface area contributed by atoms with Gasteiger partial charge in [-0.05, 0) is 18.3 Å². The van der Waals surface area contributed by atoms with E-state index in [1.165, 1.54) is 0 Å². The van der Waals surface area contributed by atoms with Gasteiger partial charge in [0.25, 0.3) is 0 Å². The van der Waals surface area contributed by atoms with Gasteiger partial charge in [-0.2, -0.15) is 0 Å². The summed E-state index contributed by atoms with van der Waals surface area (Å²) in [5.74, 6) is -0.767. The lowest BCUT2D eigenvalue weighted by atomic mass is 9.84. The van der Waals surface area contributed by atoms with Crippen molar-refractivity contribution >= 4 is 12.4 Å². The third-order valence-corrected chi connectivity index (χ3v) is 2.05. The van der Waals surface area contributed by atoms with Crippen LogP contribution in [-0.4, -0.2) is 24.0 Å². The van der Waals surface area contributed by atoms with Crippen molar-refractivity contribution in [1.29, 1.82) is 0 Å². The lowest BCUT2D eigenvalue weighted by Gasteiger charge is -2.23. The van der Waals surface area contributed by atoms with Crippen molar-refractivity contribution in [3.8, 4) is 0 Å². The summed E-state index contributed by atoms with van der Waals surface area (Å²) in [7, 11) is 0. The molecule has 0 aliphatic rings. The number of nitrogens with one attached hydrogen (secondary N) is 1. The van der Waals surface area contributed by atoms with E-state index in [1.807, 2.05) is 13.8 Å². The van der Waals surface area contributed by atoms with Crippen LogP contribution in [0.3, 0.4) is 0 Å². The van der Waals surface area contributed by atoms with Gasteiger partial charge in [0, 0.05) is 13.0 Å². The van der Waals surface area contributed by atoms with Crippen molar-refractivity contribution in [2.75, 3.05) is 6.54 Å². The Hall–Kier alpha value is -1.06. The molecule has 0 unspecified atom stereocenters. The summed E-state index contributed by atoms with van der Waals surface area (Å²) in [5.41, 5.74) is -0.0194. The first-order chi connectivity index (χ1) is 5.98. The Morgan fingerprint density at radius 1 is 1.46 bits per heavy atom. The Bertz CT molecular complexity index is 178. The van der Waals surface area contributed by atoms with E-state index in [-0.39, 0.29) is 11.8 Å². The van der Waals surface area contributed by atoms with Gasteiger partial charge in [-0.3, -0.25) is 9.59 Å². The number of carboxylic acid groups (broad SMARTS) is 1. The first-order valence-electron chi connectivity index (χ1n) is 4.37. The Morgan fingerprint density at radius 2 is 2.08 bits per heavy atom. The SMILES string of the molecule is CC(C)(CCNC=O)CCC(=O)O. The zero-order valence-electron chi connectivity index (χ0n) is 8.17. The largest absolute Gasteiger partial charge is 0.481 e. The quantitative estimate of drug-likeness (QED) is 0.462. The lowest BCUT2D eigenvalue weighted by molar-refractivity contribution is -0.137. The normalized spacial score (nSPS) is 10.9. The lowest BCUT2D eigenvalue weighted by Crippen LogP contribution is -2.22. The van der Waals surface area contributed by atoms with Gasteiger partial charge < -0.3 is 10.4 Å². The first-order valence-corrected chi connectivity index (χ1v) is 4.37. The number of amides is 1. The summed E-state index contributed by atoms with van der Waals surface area (Å²) in [6.07, 6.45) is 2.29. The molecule has 0 spiro atoms. The van der Waals surface area contributed by atoms with E-state index >= 15 is 0 Å². The fourth-order valence-electron chi connectivity index (χ4n) is 1.04. The first kappa shape index (κ1) is 11.9. The van der Waals surface area contributed by atoms with E-state index < -0.39 is 5.97 Å². The average Bonchev–Trinajstić information content (AvgIpc) is 2.02. The molecular weight excluding hydrogens is 170 g/mol. The molecule has 2 N–H and O–H groups in total. The zero-order valence-corrected chi connectivity index (χ0v) is 8.17. The molecule has 0 aromatic heterocycles. The van der Waals surface area contributed by atoms with Gasteiger partial charge in [-0.15, -0.1) is 0 Å². The molecule has 0 aromatic carbocycles. The van der Waals surface area contributed by atoms with Crippen LogP contribution in [0.25, 0.3) is 0 Å². The van der Waals surface area contributed by atoms with E-state index in [0.717, 1.165) is 6.42 Å². The van der Waals surface area contributed by atoms with Crippen LogP contribution in [0.15, 0.2) is 0 Å². The minimum atomic E-state index is -0.767. The number of rotatable bonds is 7. The van der Waals surface area contributed by atoms with Crippen molar-refractivity contribution in [2.45, 2.75) is 33.1 Å². The average molecular weight is 187 g/mol. The standard InChI is InChI=1S/C9H17NO3/c1-9(2,4-3-8(12)13)5-6-10-7-11/h7H,3-6H2,1-2H3,(H,10,11)(H,12,13). The number of hydrogen-bond donors (Lipinski definition) is 2. The van der Waals surface area contributed by atoms with Crippen LogP contribution >= 0.6 is 0 Å². The number of carbonyl (C=O) groups excluding carboxylic acids is 1. The predicted octanol–water partition coefficient (Wildman–Crippen LogP) is 1.01. The molecule has 1 amide bonds. The maximum absolute atomic E-state index is 10.3. The van der Waals surface area contributed by atoms with Crippen molar-refractivity contribution < 1.29 is 14.7 Å². The molecule has 0 atom stereocenters. The third kappa shape index (κ3) is 7.31. The summed E-state index contributed by atoms with van der Waals surface area (Å²) >= 11 is 0. The Morgan fingerprint density at radius 3 is 2.54 bits per heavy atom. The van der Waals surface area contributed by atoms with Gasteiger partial charge >= 0.3 is 5.97 Å². The van der Waals surface area contributed by atoms with Crippen LogP contribution in [-0.2, 0) is 9.59 Å². The summed E-state index contributed by atoms with van der Waals surface area (Å²) in [6, 6.07) is 0. The molecule has 0 bridgehead atoms. The zero-order chi connectivity index (χ0) is 10.3. The molecule has 0 saturated heterocycles. The minimum Gasteiger partial charge on any atom is -0.481 e. The molecule has 4 nitrogen and oxygen atoms in total. The van der Waals surface area contributed by atoms with Crippen LogP contribution in [0, 0.1) is 5.41 Å². The van der Waals surface area contributed by atoms with E-state index in [9.17, 15) is 9.59 Å². The van der Waals surface area contributed by atoms with Gasteiger partial charge in [0.2, 0.25) is 6.41 Å². The third-order valence-electron chi connectivity index (χ3n) is 2.05. The van der Waals surface area contributed by atoms with Gasteiger partial charge in [-0.1, -0.05) is 13.8 Å². The van der Waals surface area contributed by atoms with E-state index in [2.05, 4.69) is 5.32 Å². The van der Waals surface area contributed by atoms with Crippen LogP contribution in [0.1, 0.15) is 33.1 Å². The van der Waals surface area contributed by atoms with Crippen molar-refractivity contribution in [3.63, 3.8) is 0 Å². The van der Waals surface area contributed by atoms with Crippen LogP contribution < -0.4 is 5.32 Å². The van der Waals surface area contributed by atoms with Crippen LogP contribution in [0.4, 0.5) is 0 Å². The summed E-state index contributed by atoms with van der Waals surface area (Å²) in [4.78, 5) is 20.3. The second-order valence-corrected chi connectivity index (χ2v) is 3.88. The van der Waals surface area contributed by atoms with Gasteiger partial charge in [0.05, 0.1) is 0 Å². The fourth-order valence-corrected chi connectivity index (χ4v) is 1.04. The van der Waals surface area contributed by atoms with Crippen molar-refractivity contribution in [2.24, 2.45) is 5.41 Å². The topological polar surface area (TPSA) is 66.4 Å². The number of hydrogen-bond acceptors (Lipinski definition) is 2. The number of carboxylic acids is 1. The molecule has 0 rings (SSSR count). The molecule has 0 aliphatic heterocycles. The molecular formula is C9H17NO3.